The van der Waals surface area contributed by atoms with Crippen molar-refractivity contribution in [1.29, 1.82) is 5.26 Å². The third-order valence-electron chi connectivity index (χ3n) is 5.62. The van der Waals surface area contributed by atoms with Gasteiger partial charge in [-0.15, -0.1) is 0 Å². The minimum Gasteiger partial charge on any atom is -0.382 e. The second kappa shape index (κ2) is 8.13. The van der Waals surface area contributed by atoms with Gasteiger partial charge in [0, 0.05) is 33.0 Å². The van der Waals surface area contributed by atoms with E-state index in [9.17, 15) is 13.2 Å². The molecule has 1 aromatic carbocycles. The number of rotatable bonds is 5. The topological polar surface area (TPSA) is 140 Å². The first-order valence-corrected chi connectivity index (χ1v) is 11.5. The fourth-order valence-corrected chi connectivity index (χ4v) is 5.37. The van der Waals surface area contributed by atoms with Gasteiger partial charge in [0.1, 0.15) is 23.3 Å². The average Bonchev–Trinajstić information content (AvgIpc) is 3.31. The molecule has 0 spiro atoms. The van der Waals surface area contributed by atoms with Crippen molar-refractivity contribution in [3.63, 3.8) is 0 Å². The number of hydrogen-bond acceptors (Lipinski definition) is 7. The molecule has 0 saturated carbocycles. The zero-order chi connectivity index (χ0) is 22.2. The van der Waals surface area contributed by atoms with Crippen molar-refractivity contribution in [2.45, 2.75) is 37.0 Å². The van der Waals surface area contributed by atoms with E-state index in [1.165, 1.54) is 10.5 Å². The van der Waals surface area contributed by atoms with Crippen LogP contribution in [0.15, 0.2) is 29.3 Å². The normalized spacial score (nSPS) is 15.2. The summed E-state index contributed by atoms with van der Waals surface area (Å²) >= 11 is 0. The van der Waals surface area contributed by atoms with E-state index >= 15 is 0 Å². The SMILES string of the molecule is Cn1c(CCC(=O)n2ncc(C#N)c2N)nc2cc(S(=O)(=O)N3CCCCC3)ccc21. The van der Waals surface area contributed by atoms with E-state index in [1.807, 2.05) is 17.7 Å². The first-order chi connectivity index (χ1) is 14.8. The number of fused-ring (bicyclic) bond motifs is 1. The minimum atomic E-state index is -3.55. The highest BCUT2D eigenvalue weighted by Crippen LogP contribution is 2.25. The second-order valence-electron chi connectivity index (χ2n) is 7.56. The molecule has 11 heteroatoms. The Labute approximate surface area is 179 Å². The molecular weight excluding hydrogens is 418 g/mol. The number of imidazole rings is 1. The number of aryl methyl sites for hydroxylation is 2. The van der Waals surface area contributed by atoms with Crippen LogP contribution in [0.5, 0.6) is 0 Å². The monoisotopic (exact) mass is 441 g/mol. The summed E-state index contributed by atoms with van der Waals surface area (Å²) in [6, 6.07) is 6.83. The van der Waals surface area contributed by atoms with Gasteiger partial charge in [-0.1, -0.05) is 6.42 Å². The summed E-state index contributed by atoms with van der Waals surface area (Å²) in [6.07, 6.45) is 4.47. The lowest BCUT2D eigenvalue weighted by Crippen LogP contribution is -2.35. The maximum atomic E-state index is 13.0. The molecule has 2 aromatic heterocycles. The first kappa shape index (κ1) is 21.0. The van der Waals surface area contributed by atoms with E-state index in [4.69, 9.17) is 11.0 Å². The predicted molar refractivity (Wildman–Crippen MR) is 114 cm³/mol. The number of nitrogens with two attached hydrogens (primary N) is 1. The van der Waals surface area contributed by atoms with Crippen LogP contribution in [0.3, 0.4) is 0 Å². The van der Waals surface area contributed by atoms with Crippen molar-refractivity contribution in [3.05, 3.63) is 35.8 Å². The predicted octanol–water partition coefficient (Wildman–Crippen LogP) is 1.67. The molecule has 0 bridgehead atoms. The van der Waals surface area contributed by atoms with Gasteiger partial charge in [-0.2, -0.15) is 19.3 Å². The highest BCUT2D eigenvalue weighted by molar-refractivity contribution is 7.89. The van der Waals surface area contributed by atoms with Crippen molar-refractivity contribution in [3.8, 4) is 6.07 Å². The van der Waals surface area contributed by atoms with Crippen LogP contribution in [-0.4, -0.2) is 51.1 Å². The van der Waals surface area contributed by atoms with Gasteiger partial charge in [-0.25, -0.2) is 13.4 Å². The van der Waals surface area contributed by atoms with Crippen molar-refractivity contribution < 1.29 is 13.2 Å². The number of benzene rings is 1. The summed E-state index contributed by atoms with van der Waals surface area (Å²) in [5.41, 5.74) is 7.27. The lowest BCUT2D eigenvalue weighted by atomic mass is 10.2. The summed E-state index contributed by atoms with van der Waals surface area (Å²) in [4.78, 5) is 17.2. The highest BCUT2D eigenvalue weighted by Gasteiger charge is 2.26. The van der Waals surface area contributed by atoms with Crippen LogP contribution in [0, 0.1) is 11.3 Å². The van der Waals surface area contributed by atoms with Crippen LogP contribution >= 0.6 is 0 Å². The fraction of sp³-hybridized carbons (Fsp3) is 0.400. The number of nitrogens with zero attached hydrogens (tertiary/aromatic N) is 6. The molecule has 162 valence electrons. The Morgan fingerprint density at radius 1 is 1.26 bits per heavy atom. The third kappa shape index (κ3) is 3.80. The quantitative estimate of drug-likeness (QED) is 0.635. The molecule has 0 unspecified atom stereocenters. The molecule has 1 fully saturated rings. The highest BCUT2D eigenvalue weighted by atomic mass is 32.2. The van der Waals surface area contributed by atoms with E-state index in [-0.39, 0.29) is 28.6 Å². The van der Waals surface area contributed by atoms with Crippen molar-refractivity contribution in [2.24, 2.45) is 7.05 Å². The van der Waals surface area contributed by atoms with E-state index in [0.29, 0.717) is 30.9 Å². The van der Waals surface area contributed by atoms with Crippen molar-refractivity contribution >= 4 is 32.8 Å². The maximum Gasteiger partial charge on any atom is 0.249 e. The number of hydrogen-bond donors (Lipinski definition) is 1. The molecule has 0 atom stereocenters. The van der Waals surface area contributed by atoms with E-state index < -0.39 is 10.0 Å². The average molecular weight is 442 g/mol. The molecule has 2 N–H and O–H groups in total. The van der Waals surface area contributed by atoms with Crippen LogP contribution in [-0.2, 0) is 23.5 Å². The summed E-state index contributed by atoms with van der Waals surface area (Å²) in [6.45, 7) is 1.08. The van der Waals surface area contributed by atoms with Crippen molar-refractivity contribution in [2.75, 3.05) is 18.8 Å². The van der Waals surface area contributed by atoms with Gasteiger partial charge in [0.25, 0.3) is 0 Å². The summed E-state index contributed by atoms with van der Waals surface area (Å²) < 4.78 is 30.3. The van der Waals surface area contributed by atoms with Gasteiger partial charge < -0.3 is 10.3 Å². The van der Waals surface area contributed by atoms with Gasteiger partial charge >= 0.3 is 0 Å². The Balaban J connectivity index is 1.56. The largest absolute Gasteiger partial charge is 0.382 e. The van der Waals surface area contributed by atoms with Crippen molar-refractivity contribution in [1.82, 2.24) is 23.6 Å². The first-order valence-electron chi connectivity index (χ1n) is 10.0. The van der Waals surface area contributed by atoms with Gasteiger partial charge in [0.05, 0.1) is 22.1 Å². The zero-order valence-corrected chi connectivity index (χ0v) is 18.0. The number of aromatic nitrogens is 4. The third-order valence-corrected chi connectivity index (χ3v) is 7.52. The van der Waals surface area contributed by atoms with Gasteiger partial charge in [0.15, 0.2) is 0 Å². The summed E-state index contributed by atoms with van der Waals surface area (Å²) in [5, 5.41) is 12.8. The number of sulfonamides is 1. The molecular formula is C20H23N7O3S. The number of carbonyl (C=O) groups is 1. The molecule has 4 rings (SSSR count). The molecule has 0 amide bonds. The van der Waals surface area contributed by atoms with Gasteiger partial charge in [0.2, 0.25) is 15.9 Å². The Kier molecular flexibility index (Phi) is 5.51. The molecule has 0 aliphatic carbocycles. The Morgan fingerprint density at radius 3 is 2.68 bits per heavy atom. The van der Waals surface area contributed by atoms with E-state index in [1.54, 1.807) is 18.2 Å². The number of piperidine rings is 1. The number of carbonyl (C=O) groups excluding carboxylic acids is 1. The van der Waals surface area contributed by atoms with Gasteiger partial charge in [-0.05, 0) is 31.0 Å². The Bertz CT molecular complexity index is 1290. The molecule has 1 aliphatic rings. The molecule has 3 aromatic rings. The maximum absolute atomic E-state index is 13.0. The standard InChI is InChI=1S/C20H23N7O3S/c1-25-17-6-5-15(31(29,30)26-9-3-2-4-10-26)11-16(17)24-18(25)7-8-19(28)27-20(22)14(12-21)13-23-27/h5-6,11,13H,2-4,7-10,22H2,1H3. The molecule has 0 radical (unpaired) electrons. The number of anilines is 1. The molecule has 31 heavy (non-hydrogen) atoms. The summed E-state index contributed by atoms with van der Waals surface area (Å²) in [5.74, 6) is 0.312. The van der Waals surface area contributed by atoms with Crippen LogP contribution in [0.1, 0.15) is 41.9 Å². The Hall–Kier alpha value is -3.23. The summed E-state index contributed by atoms with van der Waals surface area (Å²) in [7, 11) is -1.72. The van der Waals surface area contributed by atoms with Crippen LogP contribution < -0.4 is 5.73 Å². The Morgan fingerprint density at radius 2 is 2.00 bits per heavy atom. The van der Waals surface area contributed by atoms with E-state index in [2.05, 4.69) is 10.1 Å². The molecule has 1 aliphatic heterocycles. The lowest BCUT2D eigenvalue weighted by Gasteiger charge is -2.25. The van der Waals surface area contributed by atoms with Crippen LogP contribution in [0.4, 0.5) is 5.82 Å². The van der Waals surface area contributed by atoms with Crippen LogP contribution in [0.25, 0.3) is 11.0 Å². The minimum absolute atomic E-state index is 0.0186. The lowest BCUT2D eigenvalue weighted by molar-refractivity contribution is 0.0889. The fourth-order valence-electron chi connectivity index (χ4n) is 3.84. The molecule has 3 heterocycles. The molecule has 10 nitrogen and oxygen atoms in total. The van der Waals surface area contributed by atoms with Gasteiger partial charge in [-0.3, -0.25) is 4.79 Å². The second-order valence-corrected chi connectivity index (χ2v) is 9.50. The smallest absolute Gasteiger partial charge is 0.249 e. The number of nitrogen functional groups attached to an aromatic ring is 1. The van der Waals surface area contributed by atoms with Crippen LogP contribution in [0.2, 0.25) is 0 Å². The molecule has 1 saturated heterocycles. The number of nitriles is 1. The van der Waals surface area contributed by atoms with E-state index in [0.717, 1.165) is 29.5 Å². The zero-order valence-electron chi connectivity index (χ0n) is 17.2.